The summed E-state index contributed by atoms with van der Waals surface area (Å²) in [5.41, 5.74) is 0.783. The molecule has 1 rings (SSSR count). The number of benzene rings is 1. The number of methoxy groups -OCH3 is 1. The smallest absolute Gasteiger partial charge is 0.323 e. The topological polar surface area (TPSA) is 38.3 Å². The van der Waals surface area contributed by atoms with Crippen LogP contribution in [-0.4, -0.2) is 19.1 Å². The molecule has 0 saturated carbocycles. The summed E-state index contributed by atoms with van der Waals surface area (Å²) in [5.74, 6) is -0.506. The van der Waals surface area contributed by atoms with Gasteiger partial charge in [-0.1, -0.05) is 19.9 Å². The summed E-state index contributed by atoms with van der Waals surface area (Å²) in [5, 5.41) is 3.08. The van der Waals surface area contributed by atoms with Gasteiger partial charge in [-0.05, 0) is 39.5 Å². The van der Waals surface area contributed by atoms with E-state index in [-0.39, 0.29) is 23.7 Å². The number of carbonyl (C=O) groups excluding carboxylic acids is 1. The molecule has 0 amide bonds. The van der Waals surface area contributed by atoms with E-state index in [9.17, 15) is 9.18 Å². The molecule has 1 aromatic rings. The van der Waals surface area contributed by atoms with Crippen LogP contribution in [0.3, 0.4) is 0 Å². The van der Waals surface area contributed by atoms with E-state index in [0.717, 1.165) is 5.56 Å². The number of carbonyl (C=O) groups is 1. The Bertz CT molecular complexity index is 423. The van der Waals surface area contributed by atoms with Gasteiger partial charge in [0.05, 0.1) is 11.6 Å². The highest BCUT2D eigenvalue weighted by Crippen LogP contribution is 2.16. The van der Waals surface area contributed by atoms with E-state index in [2.05, 4.69) is 21.2 Å². The second-order valence-corrected chi connectivity index (χ2v) is 5.23. The lowest BCUT2D eigenvalue weighted by Gasteiger charge is -2.19. The van der Waals surface area contributed by atoms with Crippen LogP contribution in [0.5, 0.6) is 0 Å². The van der Waals surface area contributed by atoms with Crippen molar-refractivity contribution in [2.24, 2.45) is 5.92 Å². The maximum absolute atomic E-state index is 13.3. The normalized spacial score (nSPS) is 12.6. The third-order valence-electron chi connectivity index (χ3n) is 2.63. The van der Waals surface area contributed by atoms with Gasteiger partial charge in [0.1, 0.15) is 11.9 Å². The highest BCUT2D eigenvalue weighted by Gasteiger charge is 2.22. The van der Waals surface area contributed by atoms with Gasteiger partial charge in [0.25, 0.3) is 0 Å². The fourth-order valence-electron chi connectivity index (χ4n) is 1.60. The fraction of sp³-hybridized carbons (Fsp3) is 0.462. The van der Waals surface area contributed by atoms with Crippen LogP contribution in [0.4, 0.5) is 4.39 Å². The van der Waals surface area contributed by atoms with Crippen molar-refractivity contribution in [3.8, 4) is 0 Å². The predicted molar refractivity (Wildman–Crippen MR) is 71.6 cm³/mol. The zero-order chi connectivity index (χ0) is 13.7. The first-order valence-electron chi connectivity index (χ1n) is 5.70. The van der Waals surface area contributed by atoms with E-state index in [1.807, 2.05) is 13.8 Å². The molecule has 1 aromatic carbocycles. The van der Waals surface area contributed by atoms with Crippen molar-refractivity contribution in [1.82, 2.24) is 5.32 Å². The number of ether oxygens (including phenoxy) is 1. The minimum absolute atomic E-state index is 0.109. The first-order valence-corrected chi connectivity index (χ1v) is 6.50. The Balaban J connectivity index is 2.67. The van der Waals surface area contributed by atoms with Crippen LogP contribution >= 0.6 is 15.9 Å². The molecule has 18 heavy (non-hydrogen) atoms. The van der Waals surface area contributed by atoms with Gasteiger partial charge in [0, 0.05) is 6.54 Å². The van der Waals surface area contributed by atoms with Crippen molar-refractivity contribution in [2.45, 2.75) is 26.4 Å². The highest BCUT2D eigenvalue weighted by atomic mass is 79.9. The Morgan fingerprint density at radius 3 is 2.67 bits per heavy atom. The zero-order valence-electron chi connectivity index (χ0n) is 10.7. The summed E-state index contributed by atoms with van der Waals surface area (Å²) in [6.07, 6.45) is 0. The number of halogens is 2. The highest BCUT2D eigenvalue weighted by molar-refractivity contribution is 9.10. The largest absolute Gasteiger partial charge is 0.468 e. The molecule has 0 aromatic heterocycles. The molecule has 0 aliphatic rings. The molecule has 3 nitrogen and oxygen atoms in total. The zero-order valence-corrected chi connectivity index (χ0v) is 12.3. The number of hydrogen-bond acceptors (Lipinski definition) is 3. The van der Waals surface area contributed by atoms with Crippen LogP contribution in [0.15, 0.2) is 22.7 Å². The molecule has 1 N–H and O–H groups in total. The maximum atomic E-state index is 13.3. The van der Waals surface area contributed by atoms with Crippen molar-refractivity contribution in [3.63, 3.8) is 0 Å². The maximum Gasteiger partial charge on any atom is 0.323 e. The standard InChI is InChI=1S/C13H17BrFNO2/c1-8(2)12(13(17)18-3)16-7-9-4-5-10(14)11(15)6-9/h4-6,8,12,16H,7H2,1-3H3. The molecule has 0 fully saturated rings. The molecule has 0 saturated heterocycles. The number of hydrogen-bond donors (Lipinski definition) is 1. The lowest BCUT2D eigenvalue weighted by atomic mass is 10.0. The molecule has 100 valence electrons. The van der Waals surface area contributed by atoms with Crippen LogP contribution in [0.25, 0.3) is 0 Å². The summed E-state index contributed by atoms with van der Waals surface area (Å²) in [6.45, 7) is 4.27. The van der Waals surface area contributed by atoms with Gasteiger partial charge in [-0.15, -0.1) is 0 Å². The summed E-state index contributed by atoms with van der Waals surface area (Å²) >= 11 is 3.10. The molecule has 0 spiro atoms. The van der Waals surface area contributed by atoms with Gasteiger partial charge in [-0.3, -0.25) is 4.79 Å². The average Bonchev–Trinajstić information content (AvgIpc) is 2.33. The molecule has 0 aliphatic carbocycles. The minimum atomic E-state index is -0.387. The lowest BCUT2D eigenvalue weighted by molar-refractivity contribution is -0.144. The molecule has 1 unspecified atom stereocenters. The van der Waals surface area contributed by atoms with Gasteiger partial charge < -0.3 is 10.1 Å². The summed E-state index contributed by atoms with van der Waals surface area (Å²) in [4.78, 5) is 11.5. The average molecular weight is 318 g/mol. The third-order valence-corrected chi connectivity index (χ3v) is 3.28. The van der Waals surface area contributed by atoms with E-state index < -0.39 is 0 Å². The van der Waals surface area contributed by atoms with Crippen LogP contribution in [0, 0.1) is 11.7 Å². The second kappa shape index (κ2) is 6.85. The minimum Gasteiger partial charge on any atom is -0.468 e. The van der Waals surface area contributed by atoms with Crippen molar-refractivity contribution >= 4 is 21.9 Å². The molecular weight excluding hydrogens is 301 g/mol. The summed E-state index contributed by atoms with van der Waals surface area (Å²) < 4.78 is 18.5. The fourth-order valence-corrected chi connectivity index (χ4v) is 1.84. The van der Waals surface area contributed by atoms with E-state index in [0.29, 0.717) is 11.0 Å². The van der Waals surface area contributed by atoms with Crippen molar-refractivity contribution < 1.29 is 13.9 Å². The van der Waals surface area contributed by atoms with Gasteiger partial charge in [-0.2, -0.15) is 0 Å². The van der Waals surface area contributed by atoms with Crippen molar-refractivity contribution in [3.05, 3.63) is 34.1 Å². The molecule has 0 heterocycles. The summed E-state index contributed by atoms with van der Waals surface area (Å²) in [6, 6.07) is 4.50. The Kier molecular flexibility index (Phi) is 5.75. The van der Waals surface area contributed by atoms with E-state index in [1.54, 1.807) is 12.1 Å². The van der Waals surface area contributed by atoms with E-state index in [1.165, 1.54) is 13.2 Å². The SMILES string of the molecule is COC(=O)C(NCc1ccc(Br)c(F)c1)C(C)C. The second-order valence-electron chi connectivity index (χ2n) is 4.37. The van der Waals surface area contributed by atoms with Crippen LogP contribution in [0.1, 0.15) is 19.4 Å². The molecule has 1 atom stereocenters. The Morgan fingerprint density at radius 1 is 1.50 bits per heavy atom. The van der Waals surface area contributed by atoms with Gasteiger partial charge in [0.15, 0.2) is 0 Å². The molecule has 0 bridgehead atoms. The Labute approximate surface area is 115 Å². The monoisotopic (exact) mass is 317 g/mol. The van der Waals surface area contributed by atoms with E-state index in [4.69, 9.17) is 4.74 Å². The van der Waals surface area contributed by atoms with Crippen LogP contribution in [-0.2, 0) is 16.1 Å². The van der Waals surface area contributed by atoms with Crippen LogP contribution in [0.2, 0.25) is 0 Å². The van der Waals surface area contributed by atoms with E-state index >= 15 is 0 Å². The third kappa shape index (κ3) is 4.07. The first-order chi connectivity index (χ1) is 8.45. The first kappa shape index (κ1) is 15.1. The van der Waals surface area contributed by atoms with Gasteiger partial charge in [-0.25, -0.2) is 4.39 Å². The van der Waals surface area contributed by atoms with Crippen LogP contribution < -0.4 is 5.32 Å². The molecule has 0 radical (unpaired) electrons. The number of rotatable bonds is 5. The molecular formula is C13H17BrFNO2. The van der Waals surface area contributed by atoms with Crippen molar-refractivity contribution in [1.29, 1.82) is 0 Å². The Hall–Kier alpha value is -0.940. The summed E-state index contributed by atoms with van der Waals surface area (Å²) in [7, 11) is 1.36. The molecule has 5 heteroatoms. The lowest BCUT2D eigenvalue weighted by Crippen LogP contribution is -2.41. The van der Waals surface area contributed by atoms with Crippen molar-refractivity contribution in [2.75, 3.05) is 7.11 Å². The number of esters is 1. The molecule has 0 aliphatic heterocycles. The Morgan fingerprint density at radius 2 is 2.17 bits per heavy atom. The quantitative estimate of drug-likeness (QED) is 0.849. The van der Waals surface area contributed by atoms with Gasteiger partial charge >= 0.3 is 5.97 Å². The number of nitrogens with one attached hydrogen (secondary N) is 1. The van der Waals surface area contributed by atoms with Gasteiger partial charge in [0.2, 0.25) is 0 Å². The predicted octanol–water partition coefficient (Wildman–Crippen LogP) is 2.88.